The highest BCUT2D eigenvalue weighted by atomic mass is 32.2. The third kappa shape index (κ3) is 4.47. The maximum atomic E-state index is 13.9. The second-order valence-electron chi connectivity index (χ2n) is 5.57. The van der Waals surface area contributed by atoms with Gasteiger partial charge in [0.05, 0.1) is 5.56 Å². The number of halogens is 1. The van der Waals surface area contributed by atoms with Crippen LogP contribution < -0.4 is 10.6 Å². The fourth-order valence-electron chi connectivity index (χ4n) is 2.73. The van der Waals surface area contributed by atoms with E-state index in [4.69, 9.17) is 0 Å². The summed E-state index contributed by atoms with van der Waals surface area (Å²) in [7, 11) is 0. The molecule has 2 amide bonds. The molecule has 1 aromatic carbocycles. The van der Waals surface area contributed by atoms with Gasteiger partial charge in [0.25, 0.3) is 5.91 Å². The van der Waals surface area contributed by atoms with Gasteiger partial charge in [-0.25, -0.2) is 4.39 Å². The lowest BCUT2D eigenvalue weighted by Crippen LogP contribution is -2.39. The minimum Gasteiger partial charge on any atom is -0.349 e. The summed E-state index contributed by atoms with van der Waals surface area (Å²) in [6, 6.07) is 4.10. The van der Waals surface area contributed by atoms with E-state index in [0.29, 0.717) is 10.9 Å². The highest BCUT2D eigenvalue weighted by Gasteiger charge is 2.24. The Kier molecular flexibility index (Phi) is 5.83. The molecule has 120 valence electrons. The summed E-state index contributed by atoms with van der Waals surface area (Å²) in [4.78, 5) is 23.4. The van der Waals surface area contributed by atoms with Crippen molar-refractivity contribution in [2.45, 2.75) is 43.9 Å². The van der Waals surface area contributed by atoms with Gasteiger partial charge in [0, 0.05) is 23.9 Å². The van der Waals surface area contributed by atoms with E-state index < -0.39 is 11.7 Å². The van der Waals surface area contributed by atoms with E-state index >= 15 is 0 Å². The predicted octanol–water partition coefficient (Wildman–Crippen LogP) is 3.19. The average molecular weight is 324 g/mol. The number of thioether (sulfide) groups is 1. The molecule has 4 nitrogen and oxygen atoms in total. The Morgan fingerprint density at radius 3 is 2.77 bits per heavy atom. The number of nitrogens with one attached hydrogen (secondary N) is 2. The maximum absolute atomic E-state index is 13.9. The van der Waals surface area contributed by atoms with E-state index in [9.17, 15) is 14.0 Å². The van der Waals surface area contributed by atoms with Gasteiger partial charge in [-0.3, -0.25) is 9.59 Å². The van der Waals surface area contributed by atoms with Gasteiger partial charge in [0.15, 0.2) is 0 Å². The molecule has 1 saturated carbocycles. The van der Waals surface area contributed by atoms with Crippen molar-refractivity contribution < 1.29 is 14.0 Å². The molecular weight excluding hydrogens is 303 g/mol. The zero-order valence-corrected chi connectivity index (χ0v) is 13.6. The van der Waals surface area contributed by atoms with Gasteiger partial charge in [-0.2, -0.15) is 11.8 Å². The minimum absolute atomic E-state index is 0.0301. The van der Waals surface area contributed by atoms with Gasteiger partial charge in [0.1, 0.15) is 5.82 Å². The molecule has 1 aromatic rings. The molecule has 1 aliphatic carbocycles. The summed E-state index contributed by atoms with van der Waals surface area (Å²) in [5, 5.41) is 6.02. The van der Waals surface area contributed by atoms with E-state index in [0.717, 1.165) is 19.3 Å². The lowest BCUT2D eigenvalue weighted by molar-refractivity contribution is -0.114. The first-order valence-corrected chi connectivity index (χ1v) is 8.69. The molecule has 0 spiro atoms. The van der Waals surface area contributed by atoms with Crippen LogP contribution in [-0.4, -0.2) is 29.4 Å². The molecule has 0 radical (unpaired) electrons. The van der Waals surface area contributed by atoms with Crippen molar-refractivity contribution in [2.75, 3.05) is 11.6 Å². The number of hydrogen-bond donors (Lipinski definition) is 2. The monoisotopic (exact) mass is 324 g/mol. The molecule has 0 heterocycles. The van der Waals surface area contributed by atoms with Crippen LogP contribution in [0.3, 0.4) is 0 Å². The van der Waals surface area contributed by atoms with E-state index in [1.807, 2.05) is 11.8 Å². The van der Waals surface area contributed by atoms with E-state index in [2.05, 4.69) is 16.9 Å². The van der Waals surface area contributed by atoms with Crippen molar-refractivity contribution in [1.29, 1.82) is 0 Å². The van der Waals surface area contributed by atoms with Gasteiger partial charge < -0.3 is 10.6 Å². The number of carbonyl (C=O) groups excluding carboxylic acids is 2. The summed E-state index contributed by atoms with van der Waals surface area (Å²) < 4.78 is 13.9. The Labute approximate surface area is 134 Å². The van der Waals surface area contributed by atoms with Crippen molar-refractivity contribution in [3.8, 4) is 0 Å². The molecule has 2 rings (SSSR count). The van der Waals surface area contributed by atoms with Gasteiger partial charge in [-0.05, 0) is 43.7 Å². The molecule has 0 aliphatic heterocycles. The third-order valence-electron chi connectivity index (χ3n) is 3.83. The zero-order chi connectivity index (χ0) is 16.1. The third-order valence-corrected chi connectivity index (χ3v) is 4.92. The van der Waals surface area contributed by atoms with Crippen LogP contribution >= 0.6 is 11.8 Å². The Balaban J connectivity index is 2.06. The van der Waals surface area contributed by atoms with Crippen LogP contribution in [0.15, 0.2) is 18.2 Å². The van der Waals surface area contributed by atoms with E-state index in [1.54, 1.807) is 0 Å². The molecule has 1 aliphatic rings. The highest BCUT2D eigenvalue weighted by Crippen LogP contribution is 2.27. The molecular formula is C16H21FN2O2S. The van der Waals surface area contributed by atoms with Gasteiger partial charge in [0.2, 0.25) is 5.91 Å². The van der Waals surface area contributed by atoms with Crippen LogP contribution in [0.25, 0.3) is 0 Å². The summed E-state index contributed by atoms with van der Waals surface area (Å²) in [6.45, 7) is 1.37. The summed E-state index contributed by atoms with van der Waals surface area (Å²) in [6.07, 6.45) is 6.16. The van der Waals surface area contributed by atoms with Crippen molar-refractivity contribution in [1.82, 2.24) is 5.32 Å². The molecule has 22 heavy (non-hydrogen) atoms. The number of carbonyl (C=O) groups is 2. The molecule has 6 heteroatoms. The van der Waals surface area contributed by atoms with Crippen molar-refractivity contribution in [2.24, 2.45) is 0 Å². The SMILES string of the molecule is CS[C@H]1CCC[C@@H](NC(=O)c2cc(NC(C)=O)ccc2F)C1. The topological polar surface area (TPSA) is 58.2 Å². The molecule has 0 saturated heterocycles. The minimum atomic E-state index is -0.580. The predicted molar refractivity (Wildman–Crippen MR) is 87.7 cm³/mol. The normalized spacial score (nSPS) is 21.2. The molecule has 0 aromatic heterocycles. The van der Waals surface area contributed by atoms with Crippen molar-refractivity contribution in [3.63, 3.8) is 0 Å². The van der Waals surface area contributed by atoms with Crippen molar-refractivity contribution in [3.05, 3.63) is 29.6 Å². The van der Waals surface area contributed by atoms with E-state index in [-0.39, 0.29) is 17.5 Å². The van der Waals surface area contributed by atoms with Crippen molar-refractivity contribution >= 4 is 29.3 Å². The standard InChI is InChI=1S/C16H21FN2O2S/c1-10(20)18-12-6-7-15(17)14(9-12)16(21)19-11-4-3-5-13(8-11)22-2/h6-7,9,11,13H,3-5,8H2,1-2H3,(H,18,20)(H,19,21)/t11-,13+/m1/s1. The number of rotatable bonds is 4. The lowest BCUT2D eigenvalue weighted by Gasteiger charge is -2.28. The highest BCUT2D eigenvalue weighted by molar-refractivity contribution is 7.99. The summed E-state index contributed by atoms with van der Waals surface area (Å²) >= 11 is 1.81. The first kappa shape index (κ1) is 16.8. The lowest BCUT2D eigenvalue weighted by atomic mass is 9.94. The van der Waals surface area contributed by atoms with E-state index in [1.165, 1.54) is 31.5 Å². The average Bonchev–Trinajstić information content (AvgIpc) is 2.48. The van der Waals surface area contributed by atoms with Crippen LogP contribution in [0.2, 0.25) is 0 Å². The second-order valence-corrected chi connectivity index (χ2v) is 6.71. The molecule has 0 bridgehead atoms. The fourth-order valence-corrected chi connectivity index (χ4v) is 3.56. The second kappa shape index (κ2) is 7.63. The van der Waals surface area contributed by atoms with Gasteiger partial charge >= 0.3 is 0 Å². The molecule has 0 unspecified atom stereocenters. The van der Waals surface area contributed by atoms with Crippen LogP contribution in [0.1, 0.15) is 43.0 Å². The fraction of sp³-hybridized carbons (Fsp3) is 0.500. The zero-order valence-electron chi connectivity index (χ0n) is 12.8. The van der Waals surface area contributed by atoms with Gasteiger partial charge in [-0.1, -0.05) is 6.42 Å². The maximum Gasteiger partial charge on any atom is 0.254 e. The Morgan fingerprint density at radius 1 is 1.32 bits per heavy atom. The first-order chi connectivity index (χ1) is 10.5. The van der Waals surface area contributed by atoms with Crippen LogP contribution in [-0.2, 0) is 4.79 Å². The Morgan fingerprint density at radius 2 is 2.09 bits per heavy atom. The van der Waals surface area contributed by atoms with Crippen LogP contribution in [0, 0.1) is 5.82 Å². The quantitative estimate of drug-likeness (QED) is 0.894. The Hall–Kier alpha value is -1.56. The number of amides is 2. The summed E-state index contributed by atoms with van der Waals surface area (Å²) in [5.41, 5.74) is 0.391. The van der Waals surface area contributed by atoms with Crippen LogP contribution in [0.4, 0.5) is 10.1 Å². The largest absolute Gasteiger partial charge is 0.349 e. The summed E-state index contributed by atoms with van der Waals surface area (Å²) in [5.74, 6) is -1.26. The number of benzene rings is 1. The Bertz CT molecular complexity index is 565. The molecule has 2 atom stereocenters. The number of anilines is 1. The molecule has 2 N–H and O–H groups in total. The van der Waals surface area contributed by atoms with Gasteiger partial charge in [-0.15, -0.1) is 0 Å². The smallest absolute Gasteiger partial charge is 0.254 e. The first-order valence-electron chi connectivity index (χ1n) is 7.40. The number of hydrogen-bond acceptors (Lipinski definition) is 3. The van der Waals surface area contributed by atoms with Crippen LogP contribution in [0.5, 0.6) is 0 Å². The molecule has 1 fully saturated rings.